The monoisotopic (exact) mass is 313 g/mol. The van der Waals surface area contributed by atoms with Crippen LogP contribution in [0.1, 0.15) is 36.9 Å². The number of carbonyl (C=O) groups is 1. The van der Waals surface area contributed by atoms with Crippen LogP contribution in [0, 0.1) is 5.41 Å². The summed E-state index contributed by atoms with van der Waals surface area (Å²) in [6.45, 7) is 1.36. The van der Waals surface area contributed by atoms with Gasteiger partial charge in [0.25, 0.3) is 0 Å². The van der Waals surface area contributed by atoms with Crippen molar-refractivity contribution >= 4 is 17.9 Å². The number of nitrogens with one attached hydrogen (secondary N) is 2. The molecule has 2 unspecified atom stereocenters. The summed E-state index contributed by atoms with van der Waals surface area (Å²) in [7, 11) is 0. The zero-order valence-corrected chi connectivity index (χ0v) is 12.5. The van der Waals surface area contributed by atoms with Crippen LogP contribution in [0.5, 0.6) is 0 Å². The number of hydrogen-bond acceptors (Lipinski definition) is 5. The maximum absolute atomic E-state index is 14.2. The number of benzene rings is 1. The SMILES string of the molecule is CC(=O)/C(C=N)=C/Nc1nc2n(n1)C(c1ccccc1)CC2F. The lowest BCUT2D eigenvalue weighted by Gasteiger charge is -2.11. The molecule has 0 fully saturated rings. The summed E-state index contributed by atoms with van der Waals surface area (Å²) in [6, 6.07) is 9.40. The van der Waals surface area contributed by atoms with Crippen LogP contribution in [0.2, 0.25) is 0 Å². The van der Waals surface area contributed by atoms with Crippen molar-refractivity contribution in [3.8, 4) is 0 Å². The van der Waals surface area contributed by atoms with Gasteiger partial charge in [-0.1, -0.05) is 30.3 Å². The molecule has 6 nitrogen and oxygen atoms in total. The number of halogens is 1. The van der Waals surface area contributed by atoms with Gasteiger partial charge >= 0.3 is 0 Å². The zero-order chi connectivity index (χ0) is 16.4. The van der Waals surface area contributed by atoms with Crippen molar-refractivity contribution in [3.05, 3.63) is 53.5 Å². The molecule has 23 heavy (non-hydrogen) atoms. The zero-order valence-electron chi connectivity index (χ0n) is 12.5. The molecule has 0 bridgehead atoms. The molecule has 0 saturated carbocycles. The van der Waals surface area contributed by atoms with Gasteiger partial charge < -0.3 is 10.7 Å². The Balaban J connectivity index is 1.87. The maximum Gasteiger partial charge on any atom is 0.246 e. The summed E-state index contributed by atoms with van der Waals surface area (Å²) in [5.74, 6) is 0.239. The van der Waals surface area contributed by atoms with Crippen molar-refractivity contribution < 1.29 is 9.18 Å². The molecule has 0 radical (unpaired) electrons. The number of Topliss-reactive ketones (excluding diaryl/α,β-unsaturated/α-hetero) is 1. The molecule has 2 aromatic rings. The predicted molar refractivity (Wildman–Crippen MR) is 84.2 cm³/mol. The molecule has 2 N–H and O–H groups in total. The first kappa shape index (κ1) is 15.1. The van der Waals surface area contributed by atoms with Crippen molar-refractivity contribution in [2.45, 2.75) is 25.6 Å². The molecule has 1 aromatic heterocycles. The van der Waals surface area contributed by atoms with Crippen molar-refractivity contribution in [2.75, 3.05) is 5.32 Å². The summed E-state index contributed by atoms with van der Waals surface area (Å²) in [4.78, 5) is 15.4. The molecule has 2 heterocycles. The molecule has 1 aliphatic heterocycles. The van der Waals surface area contributed by atoms with E-state index in [2.05, 4.69) is 15.4 Å². The molecular formula is C16H16FN5O. The standard InChI is InChI=1S/C16H16FN5O/c1-10(23)12(8-18)9-19-16-20-15-13(17)7-14(22(15)21-16)11-5-3-2-4-6-11/h2-6,8-9,13-14,18H,7H2,1H3,(H,19,21)/b12-9+,18-8?. The number of carbonyl (C=O) groups excluding carboxylic acids is 1. The number of rotatable bonds is 5. The minimum Gasteiger partial charge on any atom is -0.329 e. The highest BCUT2D eigenvalue weighted by Crippen LogP contribution is 2.39. The summed E-state index contributed by atoms with van der Waals surface area (Å²) in [5.41, 5.74) is 1.17. The minimum absolute atomic E-state index is 0.191. The number of alkyl halides is 1. The Morgan fingerprint density at radius 3 is 2.83 bits per heavy atom. The fourth-order valence-electron chi connectivity index (χ4n) is 2.58. The summed E-state index contributed by atoms with van der Waals surface area (Å²) >= 11 is 0. The third kappa shape index (κ3) is 2.90. The lowest BCUT2D eigenvalue weighted by molar-refractivity contribution is -0.113. The van der Waals surface area contributed by atoms with E-state index in [1.807, 2.05) is 30.3 Å². The molecule has 118 valence electrons. The van der Waals surface area contributed by atoms with Crippen LogP contribution in [0.15, 0.2) is 42.1 Å². The Kier molecular flexibility index (Phi) is 4.01. The van der Waals surface area contributed by atoms with E-state index in [0.29, 0.717) is 6.42 Å². The van der Waals surface area contributed by atoms with Crippen LogP contribution in [0.3, 0.4) is 0 Å². The van der Waals surface area contributed by atoms with E-state index in [1.165, 1.54) is 13.1 Å². The smallest absolute Gasteiger partial charge is 0.246 e. The molecule has 1 aliphatic rings. The third-order valence-electron chi connectivity index (χ3n) is 3.77. The highest BCUT2D eigenvalue weighted by atomic mass is 19.1. The number of hydrogen-bond donors (Lipinski definition) is 2. The third-order valence-corrected chi connectivity index (χ3v) is 3.77. The van der Waals surface area contributed by atoms with Crippen molar-refractivity contribution in [3.63, 3.8) is 0 Å². The fraction of sp³-hybridized carbons (Fsp3) is 0.250. The van der Waals surface area contributed by atoms with Gasteiger partial charge in [0.1, 0.15) is 0 Å². The Bertz CT molecular complexity index is 768. The highest BCUT2D eigenvalue weighted by molar-refractivity contribution is 6.11. The average Bonchev–Trinajstić information content (AvgIpc) is 3.09. The van der Waals surface area contributed by atoms with Gasteiger partial charge in [0.05, 0.1) is 11.6 Å². The number of nitrogens with zero attached hydrogens (tertiary/aromatic N) is 3. The number of aromatic nitrogens is 3. The number of fused-ring (bicyclic) bond motifs is 1. The van der Waals surface area contributed by atoms with Gasteiger partial charge in [0.2, 0.25) is 5.95 Å². The fourth-order valence-corrected chi connectivity index (χ4v) is 2.58. The van der Waals surface area contributed by atoms with Crippen molar-refractivity contribution in [1.29, 1.82) is 5.41 Å². The molecule has 0 saturated heterocycles. The first-order chi connectivity index (χ1) is 11.1. The second-order valence-corrected chi connectivity index (χ2v) is 5.31. The Morgan fingerprint density at radius 2 is 2.17 bits per heavy atom. The first-order valence-corrected chi connectivity index (χ1v) is 7.23. The molecule has 0 amide bonds. The largest absolute Gasteiger partial charge is 0.329 e. The second kappa shape index (κ2) is 6.12. The molecule has 3 rings (SSSR count). The number of anilines is 1. The molecule has 1 aromatic carbocycles. The quantitative estimate of drug-likeness (QED) is 0.657. The van der Waals surface area contributed by atoms with E-state index < -0.39 is 6.17 Å². The number of allylic oxidation sites excluding steroid dienone is 1. The van der Waals surface area contributed by atoms with Gasteiger partial charge in [0.15, 0.2) is 17.8 Å². The molecule has 2 atom stereocenters. The summed E-state index contributed by atoms with van der Waals surface area (Å²) < 4.78 is 15.8. The number of ketones is 1. The van der Waals surface area contributed by atoms with E-state index in [-0.39, 0.29) is 29.2 Å². The predicted octanol–water partition coefficient (Wildman–Crippen LogP) is 2.82. The first-order valence-electron chi connectivity index (χ1n) is 7.23. The van der Waals surface area contributed by atoms with Crippen LogP contribution < -0.4 is 5.32 Å². The lowest BCUT2D eigenvalue weighted by atomic mass is 10.0. The van der Waals surface area contributed by atoms with E-state index in [1.54, 1.807) is 4.68 Å². The van der Waals surface area contributed by atoms with Gasteiger partial charge in [-0.25, -0.2) is 9.07 Å². The van der Waals surface area contributed by atoms with Crippen LogP contribution in [-0.4, -0.2) is 26.8 Å². The van der Waals surface area contributed by atoms with E-state index in [9.17, 15) is 9.18 Å². The molecule has 7 heteroatoms. The van der Waals surface area contributed by atoms with E-state index in [0.717, 1.165) is 11.8 Å². The van der Waals surface area contributed by atoms with Gasteiger partial charge in [-0.15, -0.1) is 5.10 Å². The van der Waals surface area contributed by atoms with E-state index >= 15 is 0 Å². The second-order valence-electron chi connectivity index (χ2n) is 5.31. The molecule has 0 aliphatic carbocycles. The van der Waals surface area contributed by atoms with Crippen LogP contribution in [-0.2, 0) is 4.79 Å². The van der Waals surface area contributed by atoms with Crippen molar-refractivity contribution in [1.82, 2.24) is 14.8 Å². The topological polar surface area (TPSA) is 83.7 Å². The van der Waals surface area contributed by atoms with Crippen LogP contribution >= 0.6 is 0 Å². The lowest BCUT2D eigenvalue weighted by Crippen LogP contribution is -2.08. The van der Waals surface area contributed by atoms with E-state index in [4.69, 9.17) is 5.41 Å². The highest BCUT2D eigenvalue weighted by Gasteiger charge is 2.35. The maximum atomic E-state index is 14.2. The van der Waals surface area contributed by atoms with Gasteiger partial charge in [-0.3, -0.25) is 4.79 Å². The van der Waals surface area contributed by atoms with Crippen LogP contribution in [0.25, 0.3) is 0 Å². The van der Waals surface area contributed by atoms with Crippen LogP contribution in [0.4, 0.5) is 10.3 Å². The summed E-state index contributed by atoms with van der Waals surface area (Å²) in [6.07, 6.45) is 1.44. The Labute approximate surface area is 132 Å². The molecule has 0 spiro atoms. The Morgan fingerprint density at radius 1 is 1.43 bits per heavy atom. The van der Waals surface area contributed by atoms with Gasteiger partial charge in [-0.05, 0) is 12.5 Å². The average molecular weight is 313 g/mol. The summed E-state index contributed by atoms with van der Waals surface area (Å²) in [5, 5.41) is 14.2. The van der Waals surface area contributed by atoms with Gasteiger partial charge in [0, 0.05) is 18.8 Å². The minimum atomic E-state index is -1.18. The Hall–Kier alpha value is -2.83. The van der Waals surface area contributed by atoms with Gasteiger partial charge in [-0.2, -0.15) is 4.98 Å². The molecular weight excluding hydrogens is 297 g/mol. The normalized spacial score (nSPS) is 20.2. The van der Waals surface area contributed by atoms with Crippen molar-refractivity contribution in [2.24, 2.45) is 0 Å².